The maximum atomic E-state index is 4.42. The summed E-state index contributed by atoms with van der Waals surface area (Å²) in [6.07, 6.45) is 5.22. The van der Waals surface area contributed by atoms with Crippen LogP contribution in [-0.2, 0) is 13.1 Å². The van der Waals surface area contributed by atoms with E-state index < -0.39 is 0 Å². The molecule has 0 saturated carbocycles. The van der Waals surface area contributed by atoms with Crippen molar-refractivity contribution in [2.75, 3.05) is 0 Å². The number of rotatable bonds is 1. The molecule has 2 aromatic heterocycles. The van der Waals surface area contributed by atoms with Crippen LogP contribution in [0.2, 0.25) is 0 Å². The zero-order chi connectivity index (χ0) is 10.1. The maximum absolute atomic E-state index is 4.42. The third kappa shape index (κ3) is 1.46. The summed E-state index contributed by atoms with van der Waals surface area (Å²) in [5.74, 6) is 1.17. The Balaban J connectivity index is 2.07. The van der Waals surface area contributed by atoms with Crippen LogP contribution in [-0.4, -0.2) is 19.9 Å². The summed E-state index contributed by atoms with van der Waals surface area (Å²) in [4.78, 5) is 16.9. The van der Waals surface area contributed by atoms with Crippen LogP contribution >= 0.6 is 0 Å². The van der Waals surface area contributed by atoms with Gasteiger partial charge in [0.25, 0.3) is 0 Å². The third-order valence-corrected chi connectivity index (χ3v) is 2.33. The molecule has 1 N–H and O–H groups in total. The molecule has 5 nitrogen and oxygen atoms in total. The highest BCUT2D eigenvalue weighted by Crippen LogP contribution is 2.15. The van der Waals surface area contributed by atoms with Crippen LogP contribution in [0.15, 0.2) is 24.7 Å². The zero-order valence-electron chi connectivity index (χ0n) is 8.01. The lowest BCUT2D eigenvalue weighted by atomic mass is 10.3. The summed E-state index contributed by atoms with van der Waals surface area (Å²) in [7, 11) is 0. The maximum Gasteiger partial charge on any atom is 0.197 e. The Morgan fingerprint density at radius 1 is 1.00 bits per heavy atom. The normalized spacial score (nSPS) is 13.9. The molecule has 2 aromatic rings. The molecule has 1 aliphatic heterocycles. The van der Waals surface area contributed by atoms with E-state index in [1.54, 1.807) is 18.5 Å². The molecule has 0 fully saturated rings. The van der Waals surface area contributed by atoms with Crippen LogP contribution in [0.5, 0.6) is 0 Å². The smallest absolute Gasteiger partial charge is 0.197 e. The van der Waals surface area contributed by atoms with Crippen molar-refractivity contribution < 1.29 is 0 Å². The largest absolute Gasteiger partial charge is 0.307 e. The third-order valence-electron chi connectivity index (χ3n) is 2.33. The van der Waals surface area contributed by atoms with Crippen molar-refractivity contribution in [3.63, 3.8) is 0 Å². The minimum atomic E-state index is 0.576. The summed E-state index contributed by atoms with van der Waals surface area (Å²) in [6, 6.07) is 1.78. The van der Waals surface area contributed by atoms with Crippen LogP contribution in [0.1, 0.15) is 11.3 Å². The molecule has 3 rings (SSSR count). The highest BCUT2D eigenvalue weighted by Gasteiger charge is 2.14. The quantitative estimate of drug-likeness (QED) is 0.726. The van der Waals surface area contributed by atoms with Crippen molar-refractivity contribution in [1.82, 2.24) is 25.3 Å². The number of fused-ring (bicyclic) bond motifs is 1. The van der Waals surface area contributed by atoms with Crippen molar-refractivity contribution in [2.24, 2.45) is 0 Å². The Hall–Kier alpha value is -1.88. The molecule has 15 heavy (non-hydrogen) atoms. The van der Waals surface area contributed by atoms with E-state index in [0.29, 0.717) is 11.6 Å². The van der Waals surface area contributed by atoms with Crippen LogP contribution in [0, 0.1) is 0 Å². The summed E-state index contributed by atoms with van der Waals surface area (Å²) in [5, 5.41) is 3.22. The lowest BCUT2D eigenvalue weighted by Gasteiger charge is -2.00. The molecule has 0 atom stereocenters. The summed E-state index contributed by atoms with van der Waals surface area (Å²) < 4.78 is 0. The highest BCUT2D eigenvalue weighted by atomic mass is 15.0. The minimum Gasteiger partial charge on any atom is -0.307 e. The minimum absolute atomic E-state index is 0.576. The first-order chi connectivity index (χ1) is 7.43. The van der Waals surface area contributed by atoms with Crippen LogP contribution in [0.4, 0.5) is 0 Å². The van der Waals surface area contributed by atoms with Crippen molar-refractivity contribution in [3.8, 4) is 11.6 Å². The van der Waals surface area contributed by atoms with Gasteiger partial charge in [-0.3, -0.25) is 0 Å². The monoisotopic (exact) mass is 199 g/mol. The number of nitrogens with one attached hydrogen (secondary N) is 1. The van der Waals surface area contributed by atoms with Gasteiger partial charge in [0.1, 0.15) is 0 Å². The fourth-order valence-electron chi connectivity index (χ4n) is 1.58. The Morgan fingerprint density at radius 2 is 1.87 bits per heavy atom. The molecular formula is C10H9N5. The predicted molar refractivity (Wildman–Crippen MR) is 53.6 cm³/mol. The molecule has 0 unspecified atom stereocenters. The van der Waals surface area contributed by atoms with Crippen molar-refractivity contribution in [1.29, 1.82) is 0 Å². The fraction of sp³-hybridized carbons (Fsp3) is 0.200. The second-order valence-corrected chi connectivity index (χ2v) is 3.34. The van der Waals surface area contributed by atoms with Gasteiger partial charge in [-0.15, -0.1) is 0 Å². The van der Waals surface area contributed by atoms with Crippen molar-refractivity contribution in [3.05, 3.63) is 35.9 Å². The first-order valence-corrected chi connectivity index (χ1v) is 4.76. The Morgan fingerprint density at radius 3 is 2.73 bits per heavy atom. The first kappa shape index (κ1) is 8.43. The van der Waals surface area contributed by atoms with E-state index in [9.17, 15) is 0 Å². The average Bonchev–Trinajstić information content (AvgIpc) is 2.77. The van der Waals surface area contributed by atoms with Gasteiger partial charge >= 0.3 is 0 Å². The first-order valence-electron chi connectivity index (χ1n) is 4.76. The molecule has 5 heteroatoms. The molecule has 3 heterocycles. The van der Waals surface area contributed by atoms with Crippen LogP contribution in [0.25, 0.3) is 11.6 Å². The molecule has 0 aromatic carbocycles. The van der Waals surface area contributed by atoms with Gasteiger partial charge in [0.05, 0.1) is 5.69 Å². The fourth-order valence-corrected chi connectivity index (χ4v) is 1.58. The number of hydrogen-bond donors (Lipinski definition) is 1. The van der Waals surface area contributed by atoms with Gasteiger partial charge in [-0.25, -0.2) is 19.9 Å². The van der Waals surface area contributed by atoms with Crippen LogP contribution < -0.4 is 5.32 Å². The summed E-state index contributed by atoms with van der Waals surface area (Å²) in [6.45, 7) is 1.66. The standard InChI is InChI=1S/C10H9N5/c1-2-12-9(13-3-1)10-14-5-7-4-11-6-8(7)15-10/h1-3,5,11H,4,6H2. The number of nitrogens with zero attached hydrogens (tertiary/aromatic N) is 4. The second kappa shape index (κ2) is 3.36. The van der Waals surface area contributed by atoms with E-state index in [-0.39, 0.29) is 0 Å². The molecule has 0 aliphatic carbocycles. The predicted octanol–water partition coefficient (Wildman–Crippen LogP) is 0.537. The lowest BCUT2D eigenvalue weighted by Crippen LogP contribution is -2.01. The van der Waals surface area contributed by atoms with Gasteiger partial charge < -0.3 is 5.32 Å². The topological polar surface area (TPSA) is 63.6 Å². The van der Waals surface area contributed by atoms with E-state index in [2.05, 4.69) is 25.3 Å². The van der Waals surface area contributed by atoms with E-state index >= 15 is 0 Å². The Bertz CT molecular complexity index is 482. The zero-order valence-corrected chi connectivity index (χ0v) is 8.01. The van der Waals surface area contributed by atoms with Crippen LogP contribution in [0.3, 0.4) is 0 Å². The summed E-state index contributed by atoms with van der Waals surface area (Å²) >= 11 is 0. The van der Waals surface area contributed by atoms with Crippen molar-refractivity contribution in [2.45, 2.75) is 13.1 Å². The van der Waals surface area contributed by atoms with Gasteiger partial charge in [0, 0.05) is 37.2 Å². The van der Waals surface area contributed by atoms with Gasteiger partial charge in [0.15, 0.2) is 11.6 Å². The van der Waals surface area contributed by atoms with E-state index in [0.717, 1.165) is 24.3 Å². The molecule has 74 valence electrons. The van der Waals surface area contributed by atoms with Crippen molar-refractivity contribution >= 4 is 0 Å². The molecule has 0 radical (unpaired) electrons. The van der Waals surface area contributed by atoms with E-state index in [1.807, 2.05) is 6.20 Å². The molecular weight excluding hydrogens is 190 g/mol. The van der Waals surface area contributed by atoms with E-state index in [1.165, 1.54) is 0 Å². The Kier molecular flexibility index (Phi) is 1.89. The lowest BCUT2D eigenvalue weighted by molar-refractivity contribution is 0.758. The number of hydrogen-bond acceptors (Lipinski definition) is 5. The molecule has 0 saturated heterocycles. The molecule has 0 amide bonds. The van der Waals surface area contributed by atoms with Gasteiger partial charge in [-0.1, -0.05) is 0 Å². The molecule has 0 bridgehead atoms. The van der Waals surface area contributed by atoms with E-state index in [4.69, 9.17) is 0 Å². The van der Waals surface area contributed by atoms with Gasteiger partial charge in [-0.05, 0) is 6.07 Å². The summed E-state index contributed by atoms with van der Waals surface area (Å²) in [5.41, 5.74) is 2.21. The average molecular weight is 199 g/mol. The molecule has 1 aliphatic rings. The van der Waals surface area contributed by atoms with Gasteiger partial charge in [0.2, 0.25) is 0 Å². The molecule has 0 spiro atoms. The Labute approximate surface area is 86.6 Å². The van der Waals surface area contributed by atoms with Gasteiger partial charge in [-0.2, -0.15) is 0 Å². The highest BCUT2D eigenvalue weighted by molar-refractivity contribution is 5.43. The second-order valence-electron chi connectivity index (χ2n) is 3.34. The number of aromatic nitrogens is 4. The SMILES string of the molecule is c1cnc(-c2ncc3c(n2)CNC3)nc1.